The summed E-state index contributed by atoms with van der Waals surface area (Å²) < 4.78 is 5.95. The van der Waals surface area contributed by atoms with Crippen LogP contribution >= 0.6 is 0 Å². The molecule has 0 saturated carbocycles. The van der Waals surface area contributed by atoms with Crippen molar-refractivity contribution >= 4 is 0 Å². The Hall–Kier alpha value is -1.04. The molecule has 3 heterocycles. The molecule has 1 atom stereocenters. The number of aromatic nitrogens is 2. The molecule has 21 heavy (non-hydrogen) atoms. The van der Waals surface area contributed by atoms with Crippen molar-refractivity contribution in [3.05, 3.63) is 22.8 Å². The average Bonchev–Trinajstić information content (AvgIpc) is 2.53. The molecule has 1 saturated heterocycles. The smallest absolute Gasteiger partial charge is 0.158 e. The Morgan fingerprint density at radius 3 is 3.00 bits per heavy atom. The molecule has 0 spiro atoms. The van der Waals surface area contributed by atoms with E-state index in [2.05, 4.69) is 31.0 Å². The maximum Gasteiger partial charge on any atom is 0.158 e. The van der Waals surface area contributed by atoms with E-state index >= 15 is 0 Å². The summed E-state index contributed by atoms with van der Waals surface area (Å²) in [6, 6.07) is 0.545. The SMILES string of the molecule is CCc1nc(C2CN(C(C)C)CCO2)nc2c1CNCC2. The van der Waals surface area contributed by atoms with Crippen molar-refractivity contribution in [2.75, 3.05) is 26.2 Å². The Morgan fingerprint density at radius 2 is 2.24 bits per heavy atom. The lowest BCUT2D eigenvalue weighted by atomic mass is 10.0. The highest BCUT2D eigenvalue weighted by atomic mass is 16.5. The first-order valence-electron chi connectivity index (χ1n) is 8.14. The zero-order chi connectivity index (χ0) is 14.8. The number of nitrogens with one attached hydrogen (secondary N) is 1. The molecule has 3 rings (SSSR count). The Balaban J connectivity index is 1.88. The Labute approximate surface area is 127 Å². The van der Waals surface area contributed by atoms with Gasteiger partial charge < -0.3 is 10.1 Å². The maximum absolute atomic E-state index is 5.95. The summed E-state index contributed by atoms with van der Waals surface area (Å²) in [5.41, 5.74) is 3.72. The zero-order valence-electron chi connectivity index (χ0n) is 13.4. The molecule has 1 aromatic rings. The van der Waals surface area contributed by atoms with Gasteiger partial charge in [0.15, 0.2) is 5.82 Å². The fourth-order valence-electron chi connectivity index (χ4n) is 3.16. The molecule has 2 aliphatic rings. The fraction of sp³-hybridized carbons (Fsp3) is 0.750. The van der Waals surface area contributed by atoms with E-state index in [0.717, 1.165) is 51.5 Å². The van der Waals surface area contributed by atoms with Crippen LogP contribution in [0.15, 0.2) is 0 Å². The third-order valence-electron chi connectivity index (χ3n) is 4.49. The normalized spacial score (nSPS) is 23.3. The van der Waals surface area contributed by atoms with Gasteiger partial charge in [-0.1, -0.05) is 6.92 Å². The summed E-state index contributed by atoms with van der Waals surface area (Å²) in [6.07, 6.45) is 1.98. The van der Waals surface area contributed by atoms with Crippen LogP contribution in [-0.2, 0) is 24.1 Å². The minimum atomic E-state index is 0.0200. The second-order valence-corrected chi connectivity index (χ2v) is 6.18. The molecule has 1 unspecified atom stereocenters. The van der Waals surface area contributed by atoms with Gasteiger partial charge in [-0.25, -0.2) is 9.97 Å². The van der Waals surface area contributed by atoms with Gasteiger partial charge in [0.2, 0.25) is 0 Å². The second-order valence-electron chi connectivity index (χ2n) is 6.18. The predicted molar refractivity (Wildman–Crippen MR) is 82.2 cm³/mol. The molecule has 1 aromatic heterocycles. The van der Waals surface area contributed by atoms with E-state index in [4.69, 9.17) is 14.7 Å². The monoisotopic (exact) mass is 290 g/mol. The molecular formula is C16H26N4O. The fourth-order valence-corrected chi connectivity index (χ4v) is 3.16. The molecular weight excluding hydrogens is 264 g/mol. The number of morpholine rings is 1. The van der Waals surface area contributed by atoms with Gasteiger partial charge in [0, 0.05) is 49.9 Å². The lowest BCUT2D eigenvalue weighted by Gasteiger charge is -2.35. The minimum absolute atomic E-state index is 0.0200. The van der Waals surface area contributed by atoms with Crippen molar-refractivity contribution in [3.63, 3.8) is 0 Å². The van der Waals surface area contributed by atoms with E-state index in [0.29, 0.717) is 6.04 Å². The van der Waals surface area contributed by atoms with Gasteiger partial charge in [0.1, 0.15) is 6.10 Å². The van der Waals surface area contributed by atoms with Crippen LogP contribution in [0.3, 0.4) is 0 Å². The van der Waals surface area contributed by atoms with E-state index in [1.54, 1.807) is 0 Å². The minimum Gasteiger partial charge on any atom is -0.368 e. The standard InChI is InChI=1S/C16H26N4O/c1-4-13-12-9-17-6-5-14(12)19-16(18-13)15-10-20(11(2)3)7-8-21-15/h11,15,17H,4-10H2,1-3H3. The van der Waals surface area contributed by atoms with Gasteiger partial charge in [-0.15, -0.1) is 0 Å². The summed E-state index contributed by atoms with van der Waals surface area (Å²) in [6.45, 7) is 11.2. The third kappa shape index (κ3) is 3.10. The number of hydrogen-bond acceptors (Lipinski definition) is 5. The molecule has 1 fully saturated rings. The van der Waals surface area contributed by atoms with Gasteiger partial charge in [-0.2, -0.15) is 0 Å². The largest absolute Gasteiger partial charge is 0.368 e. The highest BCUT2D eigenvalue weighted by Gasteiger charge is 2.27. The lowest BCUT2D eigenvalue weighted by molar-refractivity contribution is -0.0444. The summed E-state index contributed by atoms with van der Waals surface area (Å²) >= 11 is 0. The third-order valence-corrected chi connectivity index (χ3v) is 4.49. The molecule has 2 aliphatic heterocycles. The van der Waals surface area contributed by atoms with E-state index in [-0.39, 0.29) is 6.10 Å². The van der Waals surface area contributed by atoms with E-state index in [9.17, 15) is 0 Å². The van der Waals surface area contributed by atoms with Crippen LogP contribution in [0.25, 0.3) is 0 Å². The first kappa shape index (κ1) is 14.9. The summed E-state index contributed by atoms with van der Waals surface area (Å²) in [5, 5.41) is 3.42. The van der Waals surface area contributed by atoms with Crippen molar-refractivity contribution < 1.29 is 4.74 Å². The summed E-state index contributed by atoms with van der Waals surface area (Å²) in [4.78, 5) is 12.1. The Kier molecular flexibility index (Phi) is 4.52. The molecule has 0 amide bonds. The van der Waals surface area contributed by atoms with Crippen molar-refractivity contribution in [1.82, 2.24) is 20.2 Å². The number of aryl methyl sites for hydroxylation is 1. The van der Waals surface area contributed by atoms with Gasteiger partial charge in [0.05, 0.1) is 12.3 Å². The Bertz CT molecular complexity index is 486. The van der Waals surface area contributed by atoms with Crippen molar-refractivity contribution in [2.45, 2.75) is 52.3 Å². The number of rotatable bonds is 3. The van der Waals surface area contributed by atoms with Crippen LogP contribution in [-0.4, -0.2) is 47.2 Å². The van der Waals surface area contributed by atoms with Crippen LogP contribution in [0.1, 0.15) is 49.7 Å². The van der Waals surface area contributed by atoms with Gasteiger partial charge in [0.25, 0.3) is 0 Å². The van der Waals surface area contributed by atoms with Crippen molar-refractivity contribution in [2.24, 2.45) is 0 Å². The van der Waals surface area contributed by atoms with Crippen LogP contribution in [0.5, 0.6) is 0 Å². The predicted octanol–water partition coefficient (Wildman–Crippen LogP) is 1.47. The Morgan fingerprint density at radius 1 is 1.38 bits per heavy atom. The number of ether oxygens (including phenoxy) is 1. The summed E-state index contributed by atoms with van der Waals surface area (Å²) in [7, 11) is 0. The number of nitrogens with zero attached hydrogens (tertiary/aromatic N) is 3. The molecule has 0 aliphatic carbocycles. The van der Waals surface area contributed by atoms with Crippen LogP contribution in [0, 0.1) is 0 Å². The molecule has 5 heteroatoms. The molecule has 0 bridgehead atoms. The van der Waals surface area contributed by atoms with Gasteiger partial charge in [-0.3, -0.25) is 4.90 Å². The van der Waals surface area contributed by atoms with Crippen molar-refractivity contribution in [3.8, 4) is 0 Å². The molecule has 0 aromatic carbocycles. The van der Waals surface area contributed by atoms with E-state index < -0.39 is 0 Å². The first-order valence-corrected chi connectivity index (χ1v) is 8.14. The zero-order valence-corrected chi connectivity index (χ0v) is 13.4. The molecule has 1 N–H and O–H groups in total. The van der Waals surface area contributed by atoms with E-state index in [1.807, 2.05) is 0 Å². The maximum atomic E-state index is 5.95. The number of fused-ring (bicyclic) bond motifs is 1. The topological polar surface area (TPSA) is 50.3 Å². The van der Waals surface area contributed by atoms with Crippen LogP contribution < -0.4 is 5.32 Å². The quantitative estimate of drug-likeness (QED) is 0.913. The lowest BCUT2D eigenvalue weighted by Crippen LogP contribution is -2.43. The number of hydrogen-bond donors (Lipinski definition) is 1. The van der Waals surface area contributed by atoms with Gasteiger partial charge in [-0.05, 0) is 20.3 Å². The van der Waals surface area contributed by atoms with Crippen LogP contribution in [0.4, 0.5) is 0 Å². The molecule has 116 valence electrons. The molecule has 5 nitrogen and oxygen atoms in total. The highest BCUT2D eigenvalue weighted by Crippen LogP contribution is 2.24. The summed E-state index contributed by atoms with van der Waals surface area (Å²) in [5.74, 6) is 0.887. The highest BCUT2D eigenvalue weighted by molar-refractivity contribution is 5.29. The average molecular weight is 290 g/mol. The van der Waals surface area contributed by atoms with Crippen LogP contribution in [0.2, 0.25) is 0 Å². The van der Waals surface area contributed by atoms with Crippen molar-refractivity contribution in [1.29, 1.82) is 0 Å². The first-order chi connectivity index (χ1) is 10.2. The second kappa shape index (κ2) is 6.38. The molecule has 0 radical (unpaired) electrons. The van der Waals surface area contributed by atoms with E-state index in [1.165, 1.54) is 17.0 Å². The van der Waals surface area contributed by atoms with Gasteiger partial charge >= 0.3 is 0 Å².